The molecule has 2 aliphatic rings. The number of Topliss-reactive ketones (excluding diaryl/α,β-unsaturated/α-hetero) is 1. The first-order valence-electron chi connectivity index (χ1n) is 5.50. The van der Waals surface area contributed by atoms with Crippen LogP contribution in [0.1, 0.15) is 35.7 Å². The molecule has 1 aliphatic heterocycles. The minimum atomic E-state index is -0.0618. The highest BCUT2D eigenvalue weighted by Gasteiger charge is 2.45. The molecule has 2 heteroatoms. The van der Waals surface area contributed by atoms with E-state index in [-0.39, 0.29) is 5.41 Å². The van der Waals surface area contributed by atoms with Gasteiger partial charge in [-0.15, -0.1) is 0 Å². The molecule has 0 amide bonds. The van der Waals surface area contributed by atoms with Crippen LogP contribution >= 0.6 is 0 Å². The van der Waals surface area contributed by atoms with Gasteiger partial charge in [0, 0.05) is 17.4 Å². The van der Waals surface area contributed by atoms with Crippen LogP contribution < -0.4 is 4.74 Å². The van der Waals surface area contributed by atoms with Crippen molar-refractivity contribution in [3.05, 3.63) is 29.3 Å². The first-order chi connectivity index (χ1) is 7.19. The first-order valence-corrected chi connectivity index (χ1v) is 5.50. The van der Waals surface area contributed by atoms with Gasteiger partial charge >= 0.3 is 0 Å². The average Bonchev–Trinajstić information content (AvgIpc) is 2.82. The van der Waals surface area contributed by atoms with Gasteiger partial charge in [0.05, 0.1) is 6.61 Å². The van der Waals surface area contributed by atoms with Crippen molar-refractivity contribution in [2.45, 2.75) is 26.2 Å². The van der Waals surface area contributed by atoms with Crippen LogP contribution in [-0.2, 0) is 6.42 Å². The minimum absolute atomic E-state index is 0.0618. The molecule has 1 aromatic rings. The molecular weight excluding hydrogens is 188 g/mol. The fourth-order valence-corrected chi connectivity index (χ4v) is 2.09. The van der Waals surface area contributed by atoms with Gasteiger partial charge in [0.2, 0.25) is 0 Å². The number of ketones is 1. The molecule has 1 fully saturated rings. The summed E-state index contributed by atoms with van der Waals surface area (Å²) in [5.41, 5.74) is 1.98. The van der Waals surface area contributed by atoms with E-state index in [1.807, 2.05) is 18.2 Å². The van der Waals surface area contributed by atoms with E-state index in [0.717, 1.165) is 37.2 Å². The average molecular weight is 202 g/mol. The highest BCUT2D eigenvalue weighted by molar-refractivity contribution is 6.02. The summed E-state index contributed by atoms with van der Waals surface area (Å²) >= 11 is 0. The van der Waals surface area contributed by atoms with Crippen LogP contribution in [0.4, 0.5) is 0 Å². The Morgan fingerprint density at radius 3 is 2.93 bits per heavy atom. The molecule has 3 rings (SSSR count). The number of carbonyl (C=O) groups excluding carboxylic acids is 1. The van der Waals surface area contributed by atoms with Gasteiger partial charge in [0.25, 0.3) is 0 Å². The number of rotatable bonds is 2. The smallest absolute Gasteiger partial charge is 0.168 e. The molecule has 0 radical (unpaired) electrons. The molecule has 78 valence electrons. The summed E-state index contributed by atoms with van der Waals surface area (Å²) in [7, 11) is 0. The van der Waals surface area contributed by atoms with Gasteiger partial charge in [-0.25, -0.2) is 0 Å². The largest absolute Gasteiger partial charge is 0.493 e. The second-order valence-electron chi connectivity index (χ2n) is 4.81. The van der Waals surface area contributed by atoms with Crippen LogP contribution in [0.25, 0.3) is 0 Å². The normalized spacial score (nSPS) is 20.6. The Bertz CT molecular complexity index is 430. The number of ether oxygens (including phenoxy) is 1. The number of fused-ring (bicyclic) bond motifs is 1. The van der Waals surface area contributed by atoms with Crippen molar-refractivity contribution in [1.29, 1.82) is 0 Å². The number of carbonyl (C=O) groups is 1. The quantitative estimate of drug-likeness (QED) is 0.689. The van der Waals surface area contributed by atoms with Gasteiger partial charge in [-0.3, -0.25) is 4.79 Å². The highest BCUT2D eigenvalue weighted by Crippen LogP contribution is 2.47. The Labute approximate surface area is 89.2 Å². The third kappa shape index (κ3) is 1.36. The van der Waals surface area contributed by atoms with E-state index in [2.05, 4.69) is 6.92 Å². The molecule has 2 nitrogen and oxygen atoms in total. The monoisotopic (exact) mass is 202 g/mol. The van der Waals surface area contributed by atoms with E-state index in [9.17, 15) is 4.79 Å². The van der Waals surface area contributed by atoms with Crippen LogP contribution in [0.15, 0.2) is 18.2 Å². The fraction of sp³-hybridized carbons (Fsp3) is 0.462. The van der Waals surface area contributed by atoms with Crippen LogP contribution in [0.5, 0.6) is 5.75 Å². The highest BCUT2D eigenvalue weighted by atomic mass is 16.5. The topological polar surface area (TPSA) is 26.3 Å². The van der Waals surface area contributed by atoms with E-state index in [1.54, 1.807) is 0 Å². The van der Waals surface area contributed by atoms with E-state index in [4.69, 9.17) is 4.74 Å². The van der Waals surface area contributed by atoms with Crippen molar-refractivity contribution in [2.75, 3.05) is 6.61 Å². The predicted molar refractivity (Wildman–Crippen MR) is 57.3 cm³/mol. The number of benzene rings is 1. The van der Waals surface area contributed by atoms with Crippen LogP contribution in [-0.4, -0.2) is 12.4 Å². The fourth-order valence-electron chi connectivity index (χ4n) is 2.09. The Morgan fingerprint density at radius 1 is 1.40 bits per heavy atom. The molecule has 1 saturated carbocycles. The summed E-state index contributed by atoms with van der Waals surface area (Å²) in [5.74, 6) is 1.25. The molecule has 0 atom stereocenters. The summed E-state index contributed by atoms with van der Waals surface area (Å²) in [6.45, 7) is 2.81. The van der Waals surface area contributed by atoms with Crippen molar-refractivity contribution < 1.29 is 9.53 Å². The summed E-state index contributed by atoms with van der Waals surface area (Å²) in [4.78, 5) is 12.1. The SMILES string of the molecule is CC1(C(=O)c2ccc3c(c2)CCO3)CC1. The minimum Gasteiger partial charge on any atom is -0.493 e. The third-order valence-electron chi connectivity index (χ3n) is 3.50. The summed E-state index contributed by atoms with van der Waals surface area (Å²) < 4.78 is 5.42. The molecule has 0 aromatic heterocycles. The lowest BCUT2D eigenvalue weighted by atomic mass is 9.95. The summed E-state index contributed by atoms with van der Waals surface area (Å²) in [6.07, 6.45) is 3.02. The second-order valence-corrected chi connectivity index (χ2v) is 4.81. The van der Waals surface area contributed by atoms with Gasteiger partial charge in [0.15, 0.2) is 5.78 Å². The molecule has 1 aromatic carbocycles. The molecule has 0 N–H and O–H groups in total. The zero-order valence-corrected chi connectivity index (χ0v) is 8.88. The maximum absolute atomic E-state index is 12.1. The molecule has 1 aliphatic carbocycles. The molecule has 15 heavy (non-hydrogen) atoms. The van der Waals surface area contributed by atoms with Gasteiger partial charge < -0.3 is 4.74 Å². The van der Waals surface area contributed by atoms with Crippen molar-refractivity contribution in [1.82, 2.24) is 0 Å². The van der Waals surface area contributed by atoms with E-state index >= 15 is 0 Å². The van der Waals surface area contributed by atoms with Gasteiger partial charge in [-0.2, -0.15) is 0 Å². The lowest BCUT2D eigenvalue weighted by Crippen LogP contribution is -2.11. The molecule has 0 saturated heterocycles. The van der Waals surface area contributed by atoms with Gasteiger partial charge in [-0.1, -0.05) is 6.92 Å². The summed E-state index contributed by atoms with van der Waals surface area (Å²) in [6, 6.07) is 5.84. The van der Waals surface area contributed by atoms with Crippen LogP contribution in [0.2, 0.25) is 0 Å². The van der Waals surface area contributed by atoms with E-state index in [1.165, 1.54) is 5.56 Å². The maximum atomic E-state index is 12.1. The number of hydrogen-bond donors (Lipinski definition) is 0. The standard InChI is InChI=1S/C13H14O2/c1-13(5-6-13)12(14)10-2-3-11-9(8-10)4-7-15-11/h2-3,8H,4-7H2,1H3. The van der Waals surface area contributed by atoms with Crippen molar-refractivity contribution in [3.8, 4) is 5.75 Å². The zero-order chi connectivity index (χ0) is 10.5. The second kappa shape index (κ2) is 2.84. The van der Waals surface area contributed by atoms with Crippen LogP contribution in [0, 0.1) is 5.41 Å². The van der Waals surface area contributed by atoms with Crippen molar-refractivity contribution in [3.63, 3.8) is 0 Å². The molecule has 1 heterocycles. The van der Waals surface area contributed by atoms with Crippen LogP contribution in [0.3, 0.4) is 0 Å². The summed E-state index contributed by atoms with van der Waals surface area (Å²) in [5, 5.41) is 0. The molecule has 0 unspecified atom stereocenters. The van der Waals surface area contributed by atoms with Crippen molar-refractivity contribution >= 4 is 5.78 Å². The lowest BCUT2D eigenvalue weighted by molar-refractivity contribution is 0.0912. The number of hydrogen-bond acceptors (Lipinski definition) is 2. The van der Waals surface area contributed by atoms with Gasteiger partial charge in [-0.05, 0) is 36.6 Å². The van der Waals surface area contributed by atoms with E-state index in [0.29, 0.717) is 5.78 Å². The van der Waals surface area contributed by atoms with E-state index < -0.39 is 0 Å². The Kier molecular flexibility index (Phi) is 1.70. The Morgan fingerprint density at radius 2 is 2.20 bits per heavy atom. The zero-order valence-electron chi connectivity index (χ0n) is 8.88. The predicted octanol–water partition coefficient (Wildman–Crippen LogP) is 2.60. The van der Waals surface area contributed by atoms with Gasteiger partial charge in [0.1, 0.15) is 5.75 Å². The molecular formula is C13H14O2. The molecule has 0 bridgehead atoms. The maximum Gasteiger partial charge on any atom is 0.168 e. The molecule has 0 spiro atoms. The Hall–Kier alpha value is -1.31. The lowest BCUT2D eigenvalue weighted by Gasteiger charge is -2.08. The first kappa shape index (κ1) is 8.96. The third-order valence-corrected chi connectivity index (χ3v) is 3.50. The Balaban J connectivity index is 1.96. The van der Waals surface area contributed by atoms with Crippen molar-refractivity contribution in [2.24, 2.45) is 5.41 Å².